The summed E-state index contributed by atoms with van der Waals surface area (Å²) in [6.07, 6.45) is -1.56. The zero-order valence-corrected chi connectivity index (χ0v) is 24.3. The maximum absolute atomic E-state index is 12.5. The van der Waals surface area contributed by atoms with Gasteiger partial charge in [-0.3, -0.25) is 9.59 Å². The zero-order valence-electron chi connectivity index (χ0n) is 24.3. The van der Waals surface area contributed by atoms with Crippen LogP contribution in [0.4, 0.5) is 22.0 Å². The molecule has 7 N–H and O–H groups in total. The molecule has 0 spiro atoms. The van der Waals surface area contributed by atoms with Gasteiger partial charge in [-0.15, -0.1) is 0 Å². The highest BCUT2D eigenvalue weighted by Gasteiger charge is 2.30. The van der Waals surface area contributed by atoms with Crippen molar-refractivity contribution in [1.29, 1.82) is 0 Å². The van der Waals surface area contributed by atoms with E-state index in [1.807, 2.05) is 0 Å². The summed E-state index contributed by atoms with van der Waals surface area (Å²) in [6.45, 7) is 6.86. The summed E-state index contributed by atoms with van der Waals surface area (Å²) in [5.41, 5.74) is 7.78. The minimum Gasteiger partial charge on any atom is -0.403 e. The standard InChI is InChI=1S/C22H32F3N7O2.C6H10F2/c1-21(2,3)8-9-32(27)17(11-26)20(34)29-13-18-30-15-5-4-14(10-16(15)31-18)12-28-19(33)6-7-22(23,24)25;7-6(8)4-2-1-3-5-6/h4-5,10-11H,6-9,12-13,26-27H2,1-3H3,(H,28,33)(H,29,34)(H,30,31);1-5H2/b17-11-;. The van der Waals surface area contributed by atoms with E-state index in [9.17, 15) is 31.5 Å². The molecule has 1 aromatic heterocycles. The van der Waals surface area contributed by atoms with E-state index in [1.54, 1.807) is 18.2 Å². The van der Waals surface area contributed by atoms with E-state index in [0.717, 1.165) is 19.0 Å². The number of nitrogens with one attached hydrogen (secondary N) is 3. The summed E-state index contributed by atoms with van der Waals surface area (Å²) in [7, 11) is 0. The Hall–Kier alpha value is -3.42. The van der Waals surface area contributed by atoms with Crippen molar-refractivity contribution in [1.82, 2.24) is 25.6 Å². The Labute approximate surface area is 242 Å². The molecule has 1 aromatic carbocycles. The van der Waals surface area contributed by atoms with Crippen LogP contribution in [0.1, 0.15) is 83.5 Å². The number of benzene rings is 1. The van der Waals surface area contributed by atoms with Gasteiger partial charge >= 0.3 is 6.18 Å². The zero-order chi connectivity index (χ0) is 31.6. The fourth-order valence-electron chi connectivity index (χ4n) is 4.05. The van der Waals surface area contributed by atoms with Crippen molar-refractivity contribution in [2.45, 2.75) is 97.3 Å². The highest BCUT2D eigenvalue weighted by Crippen LogP contribution is 2.32. The molecular weight excluding hydrogens is 561 g/mol. The third kappa shape index (κ3) is 13.0. The number of amides is 2. The summed E-state index contributed by atoms with van der Waals surface area (Å²) in [6, 6.07) is 5.16. The molecule has 0 atom stereocenters. The van der Waals surface area contributed by atoms with E-state index in [4.69, 9.17) is 11.6 Å². The van der Waals surface area contributed by atoms with Crippen LogP contribution in [-0.4, -0.2) is 45.4 Å². The summed E-state index contributed by atoms with van der Waals surface area (Å²) < 4.78 is 61.1. The van der Waals surface area contributed by atoms with Crippen molar-refractivity contribution in [3.05, 3.63) is 41.5 Å². The normalized spacial score (nSPS) is 15.5. The second-order valence-electron chi connectivity index (χ2n) is 11.6. The monoisotopic (exact) mass is 603 g/mol. The molecule has 0 aliphatic heterocycles. The number of H-pyrrole nitrogens is 1. The van der Waals surface area contributed by atoms with Crippen LogP contribution in [0.25, 0.3) is 11.0 Å². The maximum atomic E-state index is 12.5. The fraction of sp³-hybridized carbons (Fsp3) is 0.607. The molecule has 0 bridgehead atoms. The molecule has 236 valence electrons. The molecule has 3 rings (SSSR count). The van der Waals surface area contributed by atoms with Gasteiger partial charge in [-0.25, -0.2) is 19.6 Å². The smallest absolute Gasteiger partial charge is 0.389 e. The number of hydrogen-bond acceptors (Lipinski definition) is 6. The van der Waals surface area contributed by atoms with Crippen molar-refractivity contribution >= 4 is 22.8 Å². The molecule has 1 fully saturated rings. The number of rotatable bonds is 10. The van der Waals surface area contributed by atoms with E-state index in [-0.39, 0.29) is 37.0 Å². The van der Waals surface area contributed by atoms with E-state index >= 15 is 0 Å². The van der Waals surface area contributed by atoms with Crippen LogP contribution >= 0.6 is 0 Å². The molecule has 42 heavy (non-hydrogen) atoms. The van der Waals surface area contributed by atoms with E-state index in [1.165, 1.54) is 5.01 Å². The Kier molecular flexibility index (Phi) is 12.6. The number of hydrazine groups is 1. The lowest BCUT2D eigenvalue weighted by Crippen LogP contribution is -2.41. The van der Waals surface area contributed by atoms with E-state index in [2.05, 4.69) is 41.4 Å². The first kappa shape index (κ1) is 34.8. The number of carbonyl (C=O) groups is 2. The van der Waals surface area contributed by atoms with Crippen LogP contribution in [-0.2, 0) is 22.7 Å². The minimum absolute atomic E-state index is 0.0484. The average molecular weight is 604 g/mol. The molecule has 1 aliphatic carbocycles. The lowest BCUT2D eigenvalue weighted by Gasteiger charge is -2.25. The van der Waals surface area contributed by atoms with Gasteiger partial charge in [0.25, 0.3) is 5.91 Å². The van der Waals surface area contributed by atoms with Gasteiger partial charge in [-0.1, -0.05) is 33.3 Å². The van der Waals surface area contributed by atoms with Crippen molar-refractivity contribution in [2.75, 3.05) is 6.54 Å². The first-order valence-corrected chi connectivity index (χ1v) is 13.9. The van der Waals surface area contributed by atoms with Gasteiger partial charge in [0.05, 0.1) is 24.0 Å². The average Bonchev–Trinajstić information content (AvgIpc) is 3.30. The Morgan fingerprint density at radius 3 is 2.29 bits per heavy atom. The second kappa shape index (κ2) is 15.2. The lowest BCUT2D eigenvalue weighted by atomic mass is 9.92. The highest BCUT2D eigenvalue weighted by atomic mass is 19.4. The minimum atomic E-state index is -4.37. The van der Waals surface area contributed by atoms with Crippen molar-refractivity contribution in [3.63, 3.8) is 0 Å². The Balaban J connectivity index is 0.000000661. The van der Waals surface area contributed by atoms with Gasteiger partial charge in [0.2, 0.25) is 11.8 Å². The van der Waals surface area contributed by atoms with Gasteiger partial charge in [-0.05, 0) is 42.4 Å². The number of carbonyl (C=O) groups excluding carboxylic acids is 2. The van der Waals surface area contributed by atoms with Gasteiger partial charge in [0.15, 0.2) is 0 Å². The number of aromatic amines is 1. The predicted molar refractivity (Wildman–Crippen MR) is 150 cm³/mol. The number of halogens is 5. The van der Waals surface area contributed by atoms with E-state index < -0.39 is 36.8 Å². The SMILES string of the molecule is CC(C)(C)CCN(N)/C(=C\N)C(=O)NCc1nc2ccc(CNC(=O)CCC(F)(F)F)cc2[nH]1.FC1(F)CCCCC1. The number of hydrogen-bond donors (Lipinski definition) is 5. The third-order valence-electron chi connectivity index (χ3n) is 6.52. The molecular formula is C28H42F5N7O2. The van der Waals surface area contributed by atoms with Crippen LogP contribution in [0.3, 0.4) is 0 Å². The lowest BCUT2D eigenvalue weighted by molar-refractivity contribution is -0.144. The third-order valence-corrected chi connectivity index (χ3v) is 6.52. The second-order valence-corrected chi connectivity index (χ2v) is 11.6. The van der Waals surface area contributed by atoms with E-state index in [0.29, 0.717) is 41.8 Å². The van der Waals surface area contributed by atoms with Gasteiger partial charge in [0.1, 0.15) is 11.5 Å². The van der Waals surface area contributed by atoms with Crippen LogP contribution < -0.4 is 22.2 Å². The fourth-order valence-corrected chi connectivity index (χ4v) is 4.05. The molecule has 1 aliphatic rings. The summed E-state index contributed by atoms with van der Waals surface area (Å²) in [5, 5.41) is 6.50. The molecule has 0 unspecified atom stereocenters. The predicted octanol–water partition coefficient (Wildman–Crippen LogP) is 5.14. The van der Waals surface area contributed by atoms with Crippen molar-refractivity contribution < 1.29 is 31.5 Å². The Bertz CT molecular complexity index is 1200. The molecule has 0 radical (unpaired) electrons. The van der Waals surface area contributed by atoms with Crippen LogP contribution in [0, 0.1) is 5.41 Å². The molecule has 9 nitrogen and oxygen atoms in total. The first-order chi connectivity index (χ1) is 19.5. The number of nitrogens with two attached hydrogens (primary N) is 2. The molecule has 0 saturated heterocycles. The Morgan fingerprint density at radius 1 is 1.07 bits per heavy atom. The number of fused-ring (bicyclic) bond motifs is 1. The largest absolute Gasteiger partial charge is 0.403 e. The summed E-state index contributed by atoms with van der Waals surface area (Å²) in [5.74, 6) is 3.04. The number of nitrogens with zero attached hydrogens (tertiary/aromatic N) is 2. The first-order valence-electron chi connectivity index (χ1n) is 13.9. The highest BCUT2D eigenvalue weighted by molar-refractivity contribution is 5.92. The molecule has 1 saturated carbocycles. The number of imidazole rings is 1. The van der Waals surface area contributed by atoms with Gasteiger partial charge in [-0.2, -0.15) is 13.2 Å². The Morgan fingerprint density at radius 2 is 1.74 bits per heavy atom. The number of aromatic nitrogens is 2. The molecule has 2 aromatic rings. The quantitative estimate of drug-likeness (QED) is 0.110. The number of alkyl halides is 5. The van der Waals surface area contributed by atoms with Gasteiger partial charge < -0.3 is 26.4 Å². The molecule has 1 heterocycles. The maximum Gasteiger partial charge on any atom is 0.389 e. The topological polar surface area (TPSA) is 142 Å². The van der Waals surface area contributed by atoms with Crippen LogP contribution in [0.2, 0.25) is 0 Å². The molecule has 14 heteroatoms. The van der Waals surface area contributed by atoms with Gasteiger partial charge in [0, 0.05) is 38.6 Å². The summed E-state index contributed by atoms with van der Waals surface area (Å²) in [4.78, 5) is 31.6. The van der Waals surface area contributed by atoms with Crippen LogP contribution in [0.15, 0.2) is 30.1 Å². The summed E-state index contributed by atoms with van der Waals surface area (Å²) >= 11 is 0. The molecule has 2 amide bonds. The van der Waals surface area contributed by atoms with Crippen LogP contribution in [0.5, 0.6) is 0 Å². The van der Waals surface area contributed by atoms with Crippen molar-refractivity contribution in [2.24, 2.45) is 17.0 Å². The van der Waals surface area contributed by atoms with Crippen molar-refractivity contribution in [3.8, 4) is 0 Å².